The van der Waals surface area contributed by atoms with Crippen molar-refractivity contribution in [2.45, 2.75) is 19.9 Å². The number of imidazole rings is 1. The smallest absolute Gasteiger partial charge is 0.122 e. The molecule has 2 aromatic rings. The molecule has 0 fully saturated rings. The van der Waals surface area contributed by atoms with Crippen molar-refractivity contribution in [3.63, 3.8) is 0 Å². The van der Waals surface area contributed by atoms with E-state index in [4.69, 9.17) is 10.5 Å². The fourth-order valence-corrected chi connectivity index (χ4v) is 2.20. The van der Waals surface area contributed by atoms with Gasteiger partial charge in [-0.05, 0) is 30.2 Å². The van der Waals surface area contributed by atoms with Crippen LogP contribution in [0.4, 0.5) is 0 Å². The van der Waals surface area contributed by atoms with Crippen LogP contribution in [-0.2, 0) is 20.0 Å². The summed E-state index contributed by atoms with van der Waals surface area (Å²) >= 11 is 0. The van der Waals surface area contributed by atoms with Crippen molar-refractivity contribution in [2.24, 2.45) is 12.8 Å². The maximum absolute atomic E-state index is 5.73. The van der Waals surface area contributed by atoms with Gasteiger partial charge in [0.05, 0.1) is 24.8 Å². The lowest BCUT2D eigenvalue weighted by Gasteiger charge is -2.11. The summed E-state index contributed by atoms with van der Waals surface area (Å²) in [5.41, 5.74) is 10.1. The van der Waals surface area contributed by atoms with Crippen molar-refractivity contribution >= 4 is 0 Å². The fraction of sp³-hybridized carbons (Fsp3) is 0.357. The first-order chi connectivity index (χ1) is 8.71. The molecule has 4 heteroatoms. The molecule has 96 valence electrons. The normalized spacial score (nSPS) is 10.7. The van der Waals surface area contributed by atoms with E-state index in [0.29, 0.717) is 6.54 Å². The van der Waals surface area contributed by atoms with Crippen LogP contribution in [0.25, 0.3) is 11.3 Å². The van der Waals surface area contributed by atoms with Crippen molar-refractivity contribution in [2.75, 3.05) is 7.11 Å². The van der Waals surface area contributed by atoms with Gasteiger partial charge < -0.3 is 15.0 Å². The minimum Gasteiger partial charge on any atom is -0.496 e. The first-order valence-electron chi connectivity index (χ1n) is 6.08. The van der Waals surface area contributed by atoms with Crippen LogP contribution in [-0.4, -0.2) is 16.7 Å². The molecule has 0 bridgehead atoms. The zero-order chi connectivity index (χ0) is 13.1. The molecule has 0 unspecified atom stereocenters. The molecule has 0 saturated heterocycles. The lowest BCUT2D eigenvalue weighted by atomic mass is 10.0. The van der Waals surface area contributed by atoms with Gasteiger partial charge in [0.15, 0.2) is 0 Å². The van der Waals surface area contributed by atoms with Gasteiger partial charge in [0.25, 0.3) is 0 Å². The summed E-state index contributed by atoms with van der Waals surface area (Å²) in [4.78, 5) is 4.32. The number of rotatable bonds is 4. The average molecular weight is 245 g/mol. The largest absolute Gasteiger partial charge is 0.496 e. The Labute approximate surface area is 107 Å². The van der Waals surface area contributed by atoms with Gasteiger partial charge in [0.1, 0.15) is 5.75 Å². The molecule has 4 nitrogen and oxygen atoms in total. The number of aryl methyl sites for hydroxylation is 2. The number of nitrogens with two attached hydrogens (primary N) is 1. The second-order valence-corrected chi connectivity index (χ2v) is 4.24. The van der Waals surface area contributed by atoms with Crippen molar-refractivity contribution in [1.82, 2.24) is 9.55 Å². The van der Waals surface area contributed by atoms with Crippen molar-refractivity contribution in [1.29, 1.82) is 0 Å². The van der Waals surface area contributed by atoms with Crippen molar-refractivity contribution in [3.05, 3.63) is 35.8 Å². The molecular weight excluding hydrogens is 226 g/mol. The molecule has 0 saturated carbocycles. The van der Waals surface area contributed by atoms with E-state index in [0.717, 1.165) is 29.1 Å². The highest BCUT2D eigenvalue weighted by molar-refractivity contribution is 5.65. The van der Waals surface area contributed by atoms with Crippen LogP contribution in [0.2, 0.25) is 0 Å². The number of methoxy groups -OCH3 is 1. The Morgan fingerprint density at radius 3 is 2.78 bits per heavy atom. The van der Waals surface area contributed by atoms with E-state index in [1.807, 2.05) is 23.7 Å². The van der Waals surface area contributed by atoms with E-state index in [2.05, 4.69) is 18.0 Å². The third-order valence-corrected chi connectivity index (χ3v) is 3.14. The van der Waals surface area contributed by atoms with E-state index in [1.54, 1.807) is 13.4 Å². The number of hydrogen-bond acceptors (Lipinski definition) is 3. The predicted octanol–water partition coefficient (Wildman–Crippen LogP) is 2.12. The molecule has 0 radical (unpaired) electrons. The van der Waals surface area contributed by atoms with Crippen LogP contribution >= 0.6 is 0 Å². The first-order valence-corrected chi connectivity index (χ1v) is 6.08. The summed E-state index contributed by atoms with van der Waals surface area (Å²) in [7, 11) is 3.68. The van der Waals surface area contributed by atoms with Gasteiger partial charge in [-0.25, -0.2) is 4.98 Å². The summed E-state index contributed by atoms with van der Waals surface area (Å²) in [5.74, 6) is 0.928. The van der Waals surface area contributed by atoms with E-state index in [1.165, 1.54) is 5.56 Å². The minimum absolute atomic E-state index is 0.448. The molecule has 0 aliphatic heterocycles. The third kappa shape index (κ3) is 2.11. The van der Waals surface area contributed by atoms with Crippen LogP contribution < -0.4 is 10.5 Å². The van der Waals surface area contributed by atoms with Crippen molar-refractivity contribution in [3.8, 4) is 17.0 Å². The summed E-state index contributed by atoms with van der Waals surface area (Å²) in [6.45, 7) is 2.57. The number of benzene rings is 1. The summed E-state index contributed by atoms with van der Waals surface area (Å²) in [5, 5.41) is 0. The quantitative estimate of drug-likeness (QED) is 0.897. The van der Waals surface area contributed by atoms with Gasteiger partial charge in [0, 0.05) is 19.2 Å². The summed E-state index contributed by atoms with van der Waals surface area (Å²) in [6.07, 6.45) is 2.74. The van der Waals surface area contributed by atoms with Gasteiger partial charge in [-0.2, -0.15) is 0 Å². The molecule has 2 rings (SSSR count). The number of hydrogen-bond donors (Lipinski definition) is 1. The van der Waals surface area contributed by atoms with Crippen LogP contribution in [0.1, 0.15) is 18.2 Å². The van der Waals surface area contributed by atoms with Gasteiger partial charge in [-0.3, -0.25) is 0 Å². The Morgan fingerprint density at radius 1 is 1.39 bits per heavy atom. The van der Waals surface area contributed by atoms with E-state index in [9.17, 15) is 0 Å². The number of aromatic nitrogens is 2. The topological polar surface area (TPSA) is 53.1 Å². The van der Waals surface area contributed by atoms with Crippen LogP contribution in [0.5, 0.6) is 5.75 Å². The molecule has 0 aliphatic rings. The molecule has 1 aromatic heterocycles. The van der Waals surface area contributed by atoms with Crippen LogP contribution in [0, 0.1) is 0 Å². The van der Waals surface area contributed by atoms with E-state index >= 15 is 0 Å². The summed E-state index contributed by atoms with van der Waals surface area (Å²) in [6, 6.07) is 6.20. The molecule has 18 heavy (non-hydrogen) atoms. The van der Waals surface area contributed by atoms with Gasteiger partial charge in [-0.15, -0.1) is 0 Å². The van der Waals surface area contributed by atoms with E-state index < -0.39 is 0 Å². The third-order valence-electron chi connectivity index (χ3n) is 3.14. The highest BCUT2D eigenvalue weighted by atomic mass is 16.5. The second kappa shape index (κ2) is 5.23. The first kappa shape index (κ1) is 12.6. The minimum atomic E-state index is 0.448. The molecule has 0 amide bonds. The Hall–Kier alpha value is -1.81. The number of nitrogens with zero attached hydrogens (tertiary/aromatic N) is 2. The maximum Gasteiger partial charge on any atom is 0.122 e. The molecule has 1 heterocycles. The Bertz CT molecular complexity index is 546. The Kier molecular flexibility index (Phi) is 3.67. The second-order valence-electron chi connectivity index (χ2n) is 4.24. The number of ether oxygens (including phenoxy) is 1. The lowest BCUT2D eigenvalue weighted by Crippen LogP contribution is -2.01. The van der Waals surface area contributed by atoms with Crippen LogP contribution in [0.15, 0.2) is 24.5 Å². The van der Waals surface area contributed by atoms with Gasteiger partial charge in [0.2, 0.25) is 0 Å². The lowest BCUT2D eigenvalue weighted by molar-refractivity contribution is 0.410. The maximum atomic E-state index is 5.73. The van der Waals surface area contributed by atoms with Crippen LogP contribution in [0.3, 0.4) is 0 Å². The zero-order valence-corrected chi connectivity index (χ0v) is 11.1. The zero-order valence-electron chi connectivity index (χ0n) is 11.1. The highest BCUT2D eigenvalue weighted by Gasteiger charge is 2.11. The molecule has 2 N–H and O–H groups in total. The SMILES string of the molecule is CCc1cc(-c2c(CN)ncn2C)ccc1OC. The standard InChI is InChI=1S/C14H19N3O/c1-4-10-7-11(5-6-13(10)18-3)14-12(8-15)16-9-17(14)2/h5-7,9H,4,8,15H2,1-3H3. The highest BCUT2D eigenvalue weighted by Crippen LogP contribution is 2.28. The molecule has 1 aromatic carbocycles. The van der Waals surface area contributed by atoms with Gasteiger partial charge in [-0.1, -0.05) is 6.92 Å². The Morgan fingerprint density at radius 2 is 2.17 bits per heavy atom. The average Bonchev–Trinajstić information content (AvgIpc) is 2.79. The molecule has 0 spiro atoms. The monoisotopic (exact) mass is 245 g/mol. The van der Waals surface area contributed by atoms with E-state index in [-0.39, 0.29) is 0 Å². The fourth-order valence-electron chi connectivity index (χ4n) is 2.20. The van der Waals surface area contributed by atoms with Crippen molar-refractivity contribution < 1.29 is 4.74 Å². The molecular formula is C14H19N3O. The molecule has 0 atom stereocenters. The summed E-state index contributed by atoms with van der Waals surface area (Å²) < 4.78 is 7.35. The predicted molar refractivity (Wildman–Crippen MR) is 72.5 cm³/mol. The Balaban J connectivity index is 2.54. The molecule has 0 aliphatic carbocycles. The van der Waals surface area contributed by atoms with Gasteiger partial charge >= 0.3 is 0 Å².